The average molecular weight is 538 g/mol. The summed E-state index contributed by atoms with van der Waals surface area (Å²) in [5.41, 5.74) is 1.59. The number of ether oxygens (including phenoxy) is 7. The number of benzene rings is 3. The van der Waals surface area contributed by atoms with Gasteiger partial charge in [0.15, 0.2) is 34.5 Å². The minimum atomic E-state index is -1.07. The highest BCUT2D eigenvalue weighted by Gasteiger charge is 2.28. The minimum absolute atomic E-state index is 0.0948. The van der Waals surface area contributed by atoms with Crippen LogP contribution in [0.2, 0.25) is 0 Å². The van der Waals surface area contributed by atoms with Crippen molar-refractivity contribution in [3.63, 3.8) is 0 Å². The fourth-order valence-electron chi connectivity index (χ4n) is 4.64. The van der Waals surface area contributed by atoms with E-state index in [2.05, 4.69) is 0 Å². The number of hydrogen-bond acceptors (Lipinski definition) is 9. The van der Waals surface area contributed by atoms with Crippen molar-refractivity contribution in [3.8, 4) is 40.2 Å². The van der Waals surface area contributed by atoms with Crippen molar-refractivity contribution < 1.29 is 43.1 Å². The molecule has 0 saturated heterocycles. The molecule has 6 rings (SSSR count). The fourth-order valence-corrected chi connectivity index (χ4v) is 5.75. The molecule has 10 nitrogen and oxygen atoms in total. The number of nitrogens with zero attached hydrogens (tertiary/aromatic N) is 1. The molecule has 0 atom stereocenters. The number of fused-ring (bicyclic) bond motifs is 3. The Kier molecular flexibility index (Phi) is 5.99. The van der Waals surface area contributed by atoms with E-state index in [0.717, 1.165) is 15.8 Å². The molecule has 1 N–H and O–H groups in total. The number of carboxylic acid groups (broad SMARTS) is 1. The van der Waals surface area contributed by atoms with Crippen LogP contribution in [0, 0.1) is 0 Å². The topological polar surface area (TPSA) is 107 Å². The van der Waals surface area contributed by atoms with Gasteiger partial charge < -0.3 is 42.8 Å². The SMILES string of the molecule is COc1ccc(Sc2c(C(=O)O)n(Cc3cc(OC)c4c(c3)OCO4)c3cc4c(cc23)OCO4)cc1OC. The first-order chi connectivity index (χ1) is 18.5. The third kappa shape index (κ3) is 3.95. The lowest BCUT2D eigenvalue weighted by molar-refractivity contribution is 0.0682. The molecule has 11 heteroatoms. The second-order valence-electron chi connectivity index (χ2n) is 8.44. The van der Waals surface area contributed by atoms with E-state index in [0.29, 0.717) is 50.7 Å². The molecule has 0 aliphatic carbocycles. The molecular formula is C27H23NO9S. The first-order valence-corrected chi connectivity index (χ1v) is 12.4. The van der Waals surface area contributed by atoms with Crippen LogP contribution in [-0.2, 0) is 6.54 Å². The quantitative estimate of drug-likeness (QED) is 0.329. The number of carboxylic acids is 1. The summed E-state index contributed by atoms with van der Waals surface area (Å²) >= 11 is 1.32. The van der Waals surface area contributed by atoms with E-state index in [1.807, 2.05) is 36.4 Å². The van der Waals surface area contributed by atoms with E-state index in [4.69, 9.17) is 33.2 Å². The smallest absolute Gasteiger partial charge is 0.353 e. The number of rotatable bonds is 8. The van der Waals surface area contributed by atoms with Crippen molar-refractivity contribution in [1.29, 1.82) is 0 Å². The van der Waals surface area contributed by atoms with E-state index in [1.54, 1.807) is 32.0 Å². The van der Waals surface area contributed by atoms with Crippen molar-refractivity contribution in [2.75, 3.05) is 34.9 Å². The van der Waals surface area contributed by atoms with Crippen molar-refractivity contribution >= 4 is 28.6 Å². The standard InChI is InChI=1S/C27H23NO9S/c1-31-18-5-4-15(8-19(18)32-2)38-26-16-9-20-21(35-12-34-20)10-17(16)28(24(26)27(29)30)11-14-6-22(33-3)25-23(7-14)36-13-37-25/h4-10H,11-13H2,1-3H3,(H,29,30). The summed E-state index contributed by atoms with van der Waals surface area (Å²) in [4.78, 5) is 14.1. The Morgan fingerprint density at radius 2 is 1.58 bits per heavy atom. The summed E-state index contributed by atoms with van der Waals surface area (Å²) in [7, 11) is 4.67. The van der Waals surface area contributed by atoms with Crippen LogP contribution in [0.3, 0.4) is 0 Å². The first kappa shape index (κ1) is 24.0. The Bertz CT molecular complexity index is 1580. The summed E-state index contributed by atoms with van der Waals surface area (Å²) in [5.74, 6) is 2.76. The van der Waals surface area contributed by atoms with Crippen LogP contribution in [0.25, 0.3) is 10.9 Å². The van der Waals surface area contributed by atoms with Gasteiger partial charge in [-0.05, 0) is 42.0 Å². The molecule has 3 aromatic carbocycles. The third-order valence-corrected chi connectivity index (χ3v) is 7.45. The highest BCUT2D eigenvalue weighted by atomic mass is 32.2. The van der Waals surface area contributed by atoms with Gasteiger partial charge >= 0.3 is 5.97 Å². The number of aromatic carboxylic acids is 1. The highest BCUT2D eigenvalue weighted by molar-refractivity contribution is 7.99. The Hall–Kier alpha value is -4.38. The summed E-state index contributed by atoms with van der Waals surface area (Å²) in [6.45, 7) is 0.431. The van der Waals surface area contributed by atoms with E-state index in [1.165, 1.54) is 11.8 Å². The molecule has 38 heavy (non-hydrogen) atoms. The molecule has 0 amide bonds. The molecule has 0 bridgehead atoms. The lowest BCUT2D eigenvalue weighted by atomic mass is 10.1. The van der Waals surface area contributed by atoms with E-state index in [9.17, 15) is 9.90 Å². The second-order valence-corrected chi connectivity index (χ2v) is 9.53. The molecule has 4 aromatic rings. The first-order valence-electron chi connectivity index (χ1n) is 11.6. The van der Waals surface area contributed by atoms with Gasteiger partial charge in [-0.25, -0.2) is 4.79 Å². The van der Waals surface area contributed by atoms with E-state index in [-0.39, 0.29) is 25.8 Å². The van der Waals surface area contributed by atoms with Crippen molar-refractivity contribution in [1.82, 2.24) is 4.57 Å². The van der Waals surface area contributed by atoms with Gasteiger partial charge in [0.2, 0.25) is 19.3 Å². The largest absolute Gasteiger partial charge is 0.493 e. The summed E-state index contributed by atoms with van der Waals surface area (Å²) in [6.07, 6.45) is 0. The molecule has 196 valence electrons. The number of hydrogen-bond donors (Lipinski definition) is 1. The van der Waals surface area contributed by atoms with Crippen LogP contribution < -0.4 is 33.2 Å². The maximum Gasteiger partial charge on any atom is 0.353 e. The zero-order valence-corrected chi connectivity index (χ0v) is 21.5. The third-order valence-electron chi connectivity index (χ3n) is 6.35. The van der Waals surface area contributed by atoms with Crippen LogP contribution in [0.4, 0.5) is 0 Å². The maximum atomic E-state index is 12.8. The van der Waals surface area contributed by atoms with Gasteiger partial charge in [-0.1, -0.05) is 11.8 Å². The Morgan fingerprint density at radius 3 is 2.32 bits per heavy atom. The number of carbonyl (C=O) groups is 1. The van der Waals surface area contributed by atoms with Gasteiger partial charge in [0, 0.05) is 22.9 Å². The summed E-state index contributed by atoms with van der Waals surface area (Å²) in [6, 6.07) is 12.7. The molecule has 0 fully saturated rings. The Balaban J connectivity index is 1.52. The zero-order chi connectivity index (χ0) is 26.4. The van der Waals surface area contributed by atoms with Crippen LogP contribution in [0.15, 0.2) is 52.3 Å². The molecule has 0 saturated carbocycles. The lowest BCUT2D eigenvalue weighted by Crippen LogP contribution is -2.10. The molecule has 0 radical (unpaired) electrons. The number of methoxy groups -OCH3 is 3. The molecule has 1 aromatic heterocycles. The zero-order valence-electron chi connectivity index (χ0n) is 20.7. The average Bonchev–Trinajstić information content (AvgIpc) is 3.65. The van der Waals surface area contributed by atoms with Gasteiger partial charge in [-0.3, -0.25) is 0 Å². The van der Waals surface area contributed by atoms with E-state index >= 15 is 0 Å². The normalized spacial score (nSPS) is 13.1. The lowest BCUT2D eigenvalue weighted by Gasteiger charge is -2.12. The molecule has 0 unspecified atom stereocenters. The van der Waals surface area contributed by atoms with Gasteiger partial charge in [0.05, 0.1) is 31.7 Å². The van der Waals surface area contributed by atoms with Crippen LogP contribution in [0.5, 0.6) is 40.2 Å². The van der Waals surface area contributed by atoms with Crippen molar-refractivity contribution in [2.24, 2.45) is 0 Å². The van der Waals surface area contributed by atoms with Gasteiger partial charge in [0.1, 0.15) is 5.69 Å². The fraction of sp³-hybridized carbons (Fsp3) is 0.222. The van der Waals surface area contributed by atoms with Crippen LogP contribution in [0.1, 0.15) is 16.1 Å². The molecular weight excluding hydrogens is 514 g/mol. The Morgan fingerprint density at radius 1 is 0.868 bits per heavy atom. The Labute approximate surface area is 221 Å². The monoisotopic (exact) mass is 537 g/mol. The van der Waals surface area contributed by atoms with Crippen LogP contribution in [-0.4, -0.2) is 50.6 Å². The summed E-state index contributed by atoms with van der Waals surface area (Å²) in [5, 5.41) is 11.2. The minimum Gasteiger partial charge on any atom is -0.493 e. The van der Waals surface area contributed by atoms with Crippen molar-refractivity contribution in [2.45, 2.75) is 16.3 Å². The van der Waals surface area contributed by atoms with Gasteiger partial charge in [-0.15, -0.1) is 0 Å². The van der Waals surface area contributed by atoms with Gasteiger partial charge in [0.25, 0.3) is 0 Å². The number of aromatic nitrogens is 1. The second kappa shape index (κ2) is 9.49. The van der Waals surface area contributed by atoms with E-state index < -0.39 is 5.97 Å². The maximum absolute atomic E-state index is 12.8. The molecule has 2 aliphatic heterocycles. The summed E-state index contributed by atoms with van der Waals surface area (Å²) < 4.78 is 40.4. The molecule has 2 aliphatic rings. The molecule has 0 spiro atoms. The molecule has 3 heterocycles. The predicted molar refractivity (Wildman–Crippen MR) is 137 cm³/mol. The van der Waals surface area contributed by atoms with Crippen molar-refractivity contribution in [3.05, 3.63) is 53.7 Å². The van der Waals surface area contributed by atoms with Crippen LogP contribution >= 0.6 is 11.8 Å². The predicted octanol–water partition coefficient (Wildman–Crippen LogP) is 5.02. The van der Waals surface area contributed by atoms with Gasteiger partial charge in [-0.2, -0.15) is 0 Å². The highest BCUT2D eigenvalue weighted by Crippen LogP contribution is 2.47.